The Kier molecular flexibility index (Phi) is 3.85. The Morgan fingerprint density at radius 3 is 2.84 bits per heavy atom. The minimum absolute atomic E-state index is 0.282. The molecule has 1 heterocycles. The summed E-state index contributed by atoms with van der Waals surface area (Å²) in [7, 11) is 0. The fourth-order valence-electron chi connectivity index (χ4n) is 1.83. The van der Waals surface area contributed by atoms with Gasteiger partial charge in [0.2, 0.25) is 0 Å². The third-order valence-corrected chi connectivity index (χ3v) is 3.57. The lowest BCUT2D eigenvalue weighted by Crippen LogP contribution is -2.05. The molecule has 1 aromatic heterocycles. The lowest BCUT2D eigenvalue weighted by Gasteiger charge is -2.07. The molecule has 0 unspecified atom stereocenters. The Morgan fingerprint density at radius 1 is 1.47 bits per heavy atom. The summed E-state index contributed by atoms with van der Waals surface area (Å²) in [4.78, 5) is 11.9. The zero-order valence-corrected chi connectivity index (χ0v) is 11.5. The zero-order valence-electron chi connectivity index (χ0n) is 10.7. The van der Waals surface area contributed by atoms with Crippen molar-refractivity contribution in [2.45, 2.75) is 13.8 Å². The van der Waals surface area contributed by atoms with Gasteiger partial charge in [-0.25, -0.2) is 9.18 Å². The molecule has 5 heteroatoms. The minimum Gasteiger partial charge on any atom is -0.462 e. The van der Waals surface area contributed by atoms with Crippen molar-refractivity contribution >= 4 is 22.3 Å². The maximum Gasteiger partial charge on any atom is 0.339 e. The predicted octanol–water partition coefficient (Wildman–Crippen LogP) is 3.62. The summed E-state index contributed by atoms with van der Waals surface area (Å²) in [5, 5.41) is 2.19. The average Bonchev–Trinajstić information content (AvgIpc) is 2.75. The van der Waals surface area contributed by atoms with E-state index in [2.05, 4.69) is 0 Å². The first kappa shape index (κ1) is 13.5. The van der Waals surface area contributed by atoms with Crippen LogP contribution in [-0.4, -0.2) is 12.6 Å². The van der Waals surface area contributed by atoms with Gasteiger partial charge in [-0.05, 0) is 37.1 Å². The first-order valence-corrected chi connectivity index (χ1v) is 6.73. The van der Waals surface area contributed by atoms with Gasteiger partial charge in [-0.1, -0.05) is 6.07 Å². The van der Waals surface area contributed by atoms with Crippen molar-refractivity contribution in [3.05, 3.63) is 40.5 Å². The van der Waals surface area contributed by atoms with Crippen molar-refractivity contribution < 1.29 is 13.9 Å². The second-order valence-electron chi connectivity index (χ2n) is 4.07. The number of hydrogen-bond donors (Lipinski definition) is 1. The number of nitrogen functional groups attached to an aromatic ring is 1. The lowest BCUT2D eigenvalue weighted by atomic mass is 10.0. The van der Waals surface area contributed by atoms with Gasteiger partial charge in [0.05, 0.1) is 17.2 Å². The summed E-state index contributed by atoms with van der Waals surface area (Å²) in [6, 6.07) is 4.66. The number of carbonyl (C=O) groups excluding carboxylic acids is 1. The molecule has 0 aliphatic rings. The molecule has 0 aliphatic carbocycles. The van der Waals surface area contributed by atoms with Crippen molar-refractivity contribution in [2.24, 2.45) is 0 Å². The topological polar surface area (TPSA) is 52.3 Å². The minimum atomic E-state index is -0.410. The van der Waals surface area contributed by atoms with E-state index in [9.17, 15) is 9.18 Å². The number of aryl methyl sites for hydroxylation is 1. The summed E-state index contributed by atoms with van der Waals surface area (Å²) < 4.78 is 18.3. The Morgan fingerprint density at radius 2 is 2.21 bits per heavy atom. The number of carbonyl (C=O) groups is 1. The van der Waals surface area contributed by atoms with E-state index < -0.39 is 5.97 Å². The number of anilines is 1. The molecule has 0 aliphatic heterocycles. The van der Waals surface area contributed by atoms with Crippen LogP contribution in [0.15, 0.2) is 23.6 Å². The van der Waals surface area contributed by atoms with Crippen LogP contribution in [0.5, 0.6) is 0 Å². The second kappa shape index (κ2) is 5.40. The van der Waals surface area contributed by atoms with Crippen LogP contribution in [0, 0.1) is 12.7 Å². The van der Waals surface area contributed by atoms with Crippen LogP contribution >= 0.6 is 11.3 Å². The second-order valence-corrected chi connectivity index (χ2v) is 4.98. The van der Waals surface area contributed by atoms with E-state index >= 15 is 0 Å². The molecule has 0 amide bonds. The van der Waals surface area contributed by atoms with E-state index in [1.54, 1.807) is 31.4 Å². The zero-order chi connectivity index (χ0) is 14.0. The van der Waals surface area contributed by atoms with E-state index in [4.69, 9.17) is 10.5 Å². The highest BCUT2D eigenvalue weighted by Gasteiger charge is 2.19. The van der Waals surface area contributed by atoms with Gasteiger partial charge in [0.15, 0.2) is 0 Å². The predicted molar refractivity (Wildman–Crippen MR) is 74.8 cm³/mol. The van der Waals surface area contributed by atoms with Crippen LogP contribution in [0.1, 0.15) is 22.8 Å². The van der Waals surface area contributed by atoms with Crippen molar-refractivity contribution in [1.29, 1.82) is 0 Å². The molecule has 0 radical (unpaired) electrons. The molecular formula is C14H14FNO2S. The normalized spacial score (nSPS) is 10.5. The summed E-state index contributed by atoms with van der Waals surface area (Å²) in [5.74, 6) is -0.692. The molecule has 0 bridgehead atoms. The van der Waals surface area contributed by atoms with Gasteiger partial charge in [0.25, 0.3) is 0 Å². The van der Waals surface area contributed by atoms with E-state index in [-0.39, 0.29) is 5.82 Å². The number of halogens is 1. The van der Waals surface area contributed by atoms with Crippen LogP contribution in [0.25, 0.3) is 11.1 Å². The number of rotatable bonds is 3. The largest absolute Gasteiger partial charge is 0.462 e. The number of nitrogens with two attached hydrogens (primary N) is 1. The molecule has 0 atom stereocenters. The first-order chi connectivity index (χ1) is 9.04. The maximum absolute atomic E-state index is 13.3. The fourth-order valence-corrected chi connectivity index (χ4v) is 2.63. The van der Waals surface area contributed by atoms with Gasteiger partial charge >= 0.3 is 5.97 Å². The van der Waals surface area contributed by atoms with Gasteiger partial charge in [-0.3, -0.25) is 0 Å². The van der Waals surface area contributed by atoms with Crippen molar-refractivity contribution in [3.8, 4) is 11.1 Å². The number of hydrogen-bond acceptors (Lipinski definition) is 4. The molecule has 2 aromatic rings. The molecule has 1 aromatic carbocycles. The molecule has 2 N–H and O–H groups in total. The van der Waals surface area contributed by atoms with Crippen molar-refractivity contribution in [2.75, 3.05) is 12.3 Å². The Hall–Kier alpha value is -1.88. The Balaban J connectivity index is 2.52. The monoisotopic (exact) mass is 279 g/mol. The van der Waals surface area contributed by atoms with Crippen LogP contribution in [0.4, 0.5) is 9.39 Å². The van der Waals surface area contributed by atoms with E-state index in [0.717, 1.165) is 5.56 Å². The lowest BCUT2D eigenvalue weighted by molar-refractivity contribution is 0.0528. The summed E-state index contributed by atoms with van der Waals surface area (Å²) >= 11 is 1.27. The Bertz CT molecular complexity index is 622. The van der Waals surface area contributed by atoms with Gasteiger partial charge in [-0.15, -0.1) is 11.3 Å². The fraction of sp³-hybridized carbons (Fsp3) is 0.214. The number of thiophene rings is 1. The number of benzene rings is 1. The average molecular weight is 279 g/mol. The highest BCUT2D eigenvalue weighted by molar-refractivity contribution is 7.15. The molecule has 0 saturated heterocycles. The smallest absolute Gasteiger partial charge is 0.339 e. The quantitative estimate of drug-likeness (QED) is 0.873. The molecule has 2 rings (SSSR count). The molecule has 0 saturated carbocycles. The molecule has 19 heavy (non-hydrogen) atoms. The van der Waals surface area contributed by atoms with E-state index in [1.165, 1.54) is 17.4 Å². The molecule has 100 valence electrons. The van der Waals surface area contributed by atoms with Crippen LogP contribution in [0.3, 0.4) is 0 Å². The summed E-state index contributed by atoms with van der Waals surface area (Å²) in [5.41, 5.74) is 8.19. The van der Waals surface area contributed by atoms with Crippen LogP contribution < -0.4 is 5.73 Å². The highest BCUT2D eigenvalue weighted by Crippen LogP contribution is 2.36. The highest BCUT2D eigenvalue weighted by atomic mass is 32.1. The van der Waals surface area contributed by atoms with E-state index in [0.29, 0.717) is 28.3 Å². The SMILES string of the molecule is CCOC(=O)c1csc(N)c1-c1ccc(F)c(C)c1. The number of esters is 1. The molecular weight excluding hydrogens is 265 g/mol. The number of ether oxygens (including phenoxy) is 1. The van der Waals surface area contributed by atoms with Crippen molar-refractivity contribution in [3.63, 3.8) is 0 Å². The molecule has 3 nitrogen and oxygen atoms in total. The standard InChI is InChI=1S/C14H14FNO2S/c1-3-18-14(17)10-7-19-13(16)12(10)9-4-5-11(15)8(2)6-9/h4-7H,3,16H2,1-2H3. The third-order valence-electron chi connectivity index (χ3n) is 2.76. The summed E-state index contributed by atoms with van der Waals surface area (Å²) in [6.07, 6.45) is 0. The van der Waals surface area contributed by atoms with Gasteiger partial charge < -0.3 is 10.5 Å². The van der Waals surface area contributed by atoms with Gasteiger partial charge in [0.1, 0.15) is 5.82 Å². The maximum atomic E-state index is 13.3. The summed E-state index contributed by atoms with van der Waals surface area (Å²) in [6.45, 7) is 3.72. The van der Waals surface area contributed by atoms with Crippen LogP contribution in [0.2, 0.25) is 0 Å². The van der Waals surface area contributed by atoms with Crippen molar-refractivity contribution in [1.82, 2.24) is 0 Å². The third kappa shape index (κ3) is 2.61. The Labute approximate surface area is 114 Å². The molecule has 0 fully saturated rings. The van der Waals surface area contributed by atoms with Crippen LogP contribution in [-0.2, 0) is 4.74 Å². The first-order valence-electron chi connectivity index (χ1n) is 5.85. The van der Waals surface area contributed by atoms with Gasteiger partial charge in [0, 0.05) is 10.9 Å². The van der Waals surface area contributed by atoms with E-state index in [1.807, 2.05) is 0 Å². The van der Waals surface area contributed by atoms with Gasteiger partial charge in [-0.2, -0.15) is 0 Å². The molecule has 0 spiro atoms.